The van der Waals surface area contributed by atoms with Crippen molar-refractivity contribution in [2.24, 2.45) is 0 Å². The van der Waals surface area contributed by atoms with Gasteiger partial charge in [-0.2, -0.15) is 5.10 Å². The Morgan fingerprint density at radius 2 is 2.12 bits per heavy atom. The molecule has 1 aliphatic rings. The number of ether oxygens (including phenoxy) is 1. The molecule has 1 saturated heterocycles. The summed E-state index contributed by atoms with van der Waals surface area (Å²) in [4.78, 5) is 2.25. The Kier molecular flexibility index (Phi) is 5.46. The van der Waals surface area contributed by atoms with Gasteiger partial charge >= 0.3 is 0 Å². The molecule has 1 aromatic heterocycles. The van der Waals surface area contributed by atoms with Crippen LogP contribution in [0.15, 0.2) is 18.2 Å². The summed E-state index contributed by atoms with van der Waals surface area (Å²) in [5, 5.41) is 7.83. The smallest absolute Gasteiger partial charge is 0.151 e. The zero-order valence-corrected chi connectivity index (χ0v) is 14.9. The lowest BCUT2D eigenvalue weighted by Crippen LogP contribution is -2.44. The van der Waals surface area contributed by atoms with Crippen LogP contribution in [0, 0.1) is 25.5 Å². The Hall–Kier alpha value is -1.83. The quantitative estimate of drug-likeness (QED) is 0.898. The van der Waals surface area contributed by atoms with Gasteiger partial charge in [-0.1, -0.05) is 0 Å². The van der Waals surface area contributed by atoms with E-state index < -0.39 is 11.6 Å². The van der Waals surface area contributed by atoms with Crippen LogP contribution in [0.4, 0.5) is 8.78 Å². The molecule has 1 fully saturated rings. The Bertz CT molecular complexity index is 747. The van der Waals surface area contributed by atoms with E-state index in [1.54, 1.807) is 0 Å². The molecule has 1 aliphatic heterocycles. The summed E-state index contributed by atoms with van der Waals surface area (Å²) >= 11 is 0. The van der Waals surface area contributed by atoms with Crippen molar-refractivity contribution >= 4 is 0 Å². The maximum absolute atomic E-state index is 14.1. The average molecular weight is 350 g/mol. The number of benzene rings is 1. The highest BCUT2D eigenvalue weighted by atomic mass is 19.1. The van der Waals surface area contributed by atoms with Crippen LogP contribution in [-0.2, 0) is 11.3 Å². The highest BCUT2D eigenvalue weighted by Gasteiger charge is 2.19. The molecule has 7 heteroatoms. The fourth-order valence-electron chi connectivity index (χ4n) is 3.17. The number of likely N-dealkylation sites (N-methyl/N-ethyl adjacent to an activating group) is 1. The third-order valence-corrected chi connectivity index (χ3v) is 4.59. The largest absolute Gasteiger partial charge is 0.374 e. The summed E-state index contributed by atoms with van der Waals surface area (Å²) in [5.41, 5.74) is 2.95. The minimum Gasteiger partial charge on any atom is -0.374 e. The number of rotatable bonds is 5. The van der Waals surface area contributed by atoms with E-state index in [-0.39, 0.29) is 11.8 Å². The predicted molar refractivity (Wildman–Crippen MR) is 91.9 cm³/mol. The summed E-state index contributed by atoms with van der Waals surface area (Å²) in [6.07, 6.45) is 0.170. The first-order chi connectivity index (χ1) is 12.0. The van der Waals surface area contributed by atoms with Crippen LogP contribution in [0.1, 0.15) is 17.0 Å². The molecule has 25 heavy (non-hydrogen) atoms. The summed E-state index contributed by atoms with van der Waals surface area (Å²) in [5.74, 6) is -1.22. The normalized spacial score (nSPS) is 18.7. The summed E-state index contributed by atoms with van der Waals surface area (Å²) in [6, 6.07) is 3.53. The van der Waals surface area contributed by atoms with Gasteiger partial charge in [0.25, 0.3) is 0 Å². The van der Waals surface area contributed by atoms with Gasteiger partial charge in [0.05, 0.1) is 18.4 Å². The fraction of sp³-hybridized carbons (Fsp3) is 0.500. The Balaban J connectivity index is 1.69. The molecule has 1 atom stereocenters. The Morgan fingerprint density at radius 1 is 1.32 bits per heavy atom. The lowest BCUT2D eigenvalue weighted by molar-refractivity contribution is -0.0182. The molecular weight excluding hydrogens is 326 g/mol. The first kappa shape index (κ1) is 18.0. The van der Waals surface area contributed by atoms with Crippen LogP contribution in [0.25, 0.3) is 5.69 Å². The molecule has 1 N–H and O–H groups in total. The Morgan fingerprint density at radius 3 is 2.84 bits per heavy atom. The van der Waals surface area contributed by atoms with Gasteiger partial charge in [-0.25, -0.2) is 13.5 Å². The van der Waals surface area contributed by atoms with Gasteiger partial charge in [0.1, 0.15) is 11.5 Å². The zero-order chi connectivity index (χ0) is 18.0. The monoisotopic (exact) mass is 350 g/mol. The molecule has 0 amide bonds. The highest BCUT2D eigenvalue weighted by molar-refractivity contribution is 5.38. The minimum atomic E-state index is -0.622. The second-order valence-electron chi connectivity index (χ2n) is 6.54. The lowest BCUT2D eigenvalue weighted by atomic mass is 10.2. The molecule has 3 rings (SSSR count). The van der Waals surface area contributed by atoms with Crippen LogP contribution >= 0.6 is 0 Å². The van der Waals surface area contributed by atoms with Gasteiger partial charge in [-0.15, -0.1) is 0 Å². The first-order valence-electron chi connectivity index (χ1n) is 8.47. The van der Waals surface area contributed by atoms with Crippen LogP contribution < -0.4 is 5.32 Å². The van der Waals surface area contributed by atoms with Gasteiger partial charge in [-0.05, 0) is 33.0 Å². The summed E-state index contributed by atoms with van der Waals surface area (Å²) in [7, 11) is 2.09. The van der Waals surface area contributed by atoms with Gasteiger partial charge < -0.3 is 15.0 Å². The van der Waals surface area contributed by atoms with Crippen molar-refractivity contribution in [1.82, 2.24) is 20.0 Å². The van der Waals surface area contributed by atoms with Crippen LogP contribution in [0.5, 0.6) is 0 Å². The number of aromatic nitrogens is 2. The highest BCUT2D eigenvalue weighted by Crippen LogP contribution is 2.20. The van der Waals surface area contributed by atoms with Crippen LogP contribution in [0.3, 0.4) is 0 Å². The third kappa shape index (κ3) is 4.05. The van der Waals surface area contributed by atoms with E-state index in [2.05, 4.69) is 22.4 Å². The number of halogens is 2. The van der Waals surface area contributed by atoms with Crippen molar-refractivity contribution in [2.75, 3.05) is 33.3 Å². The molecule has 5 nitrogen and oxygen atoms in total. The molecule has 136 valence electrons. The maximum atomic E-state index is 14.1. The maximum Gasteiger partial charge on any atom is 0.151 e. The molecule has 0 spiro atoms. The zero-order valence-electron chi connectivity index (χ0n) is 14.9. The number of nitrogens with zero attached hydrogens (tertiary/aromatic N) is 3. The second kappa shape index (κ2) is 7.59. The molecule has 0 saturated carbocycles. The number of morpholine rings is 1. The number of hydrogen-bond donors (Lipinski definition) is 1. The standard InChI is InChI=1S/C18H24F2N4O/c1-12-16(10-21-9-15-11-23(3)6-7-25-15)13(2)24(22-12)18-5-4-14(19)8-17(18)20/h4-5,8,15,21H,6-7,9-11H2,1-3H3. The molecule has 1 aromatic carbocycles. The van der Waals surface area contributed by atoms with E-state index in [1.165, 1.54) is 16.8 Å². The molecular formula is C18H24F2N4O. The second-order valence-corrected chi connectivity index (χ2v) is 6.54. The van der Waals surface area contributed by atoms with Gasteiger partial charge in [0.2, 0.25) is 0 Å². The van der Waals surface area contributed by atoms with Crippen molar-refractivity contribution in [1.29, 1.82) is 0 Å². The fourth-order valence-corrected chi connectivity index (χ4v) is 3.17. The van der Waals surface area contributed by atoms with E-state index in [0.717, 1.165) is 49.3 Å². The van der Waals surface area contributed by atoms with Gasteiger partial charge in [0.15, 0.2) is 5.82 Å². The van der Waals surface area contributed by atoms with E-state index in [4.69, 9.17) is 4.74 Å². The van der Waals surface area contributed by atoms with Crippen LogP contribution in [0.2, 0.25) is 0 Å². The predicted octanol–water partition coefficient (Wildman–Crippen LogP) is 2.19. The SMILES string of the molecule is Cc1nn(-c2ccc(F)cc2F)c(C)c1CNCC1CN(C)CCO1. The topological polar surface area (TPSA) is 42.3 Å². The molecule has 0 radical (unpaired) electrons. The lowest BCUT2D eigenvalue weighted by Gasteiger charge is -2.30. The van der Waals surface area contributed by atoms with E-state index in [9.17, 15) is 8.78 Å². The van der Waals surface area contributed by atoms with E-state index in [1.807, 2.05) is 13.8 Å². The number of aryl methyl sites for hydroxylation is 1. The molecule has 2 aromatic rings. The van der Waals surface area contributed by atoms with E-state index in [0.29, 0.717) is 6.54 Å². The number of hydrogen-bond acceptors (Lipinski definition) is 4. The summed E-state index contributed by atoms with van der Waals surface area (Å²) in [6.45, 7) is 7.79. The molecule has 0 aliphatic carbocycles. The van der Waals surface area contributed by atoms with Gasteiger partial charge in [-0.3, -0.25) is 0 Å². The molecule has 0 bridgehead atoms. The van der Waals surface area contributed by atoms with Crippen LogP contribution in [-0.4, -0.2) is 54.1 Å². The van der Waals surface area contributed by atoms with Crippen molar-refractivity contribution in [3.8, 4) is 5.69 Å². The molecule has 2 heterocycles. The average Bonchev–Trinajstić information content (AvgIpc) is 2.83. The Labute approximate surface area is 146 Å². The first-order valence-corrected chi connectivity index (χ1v) is 8.47. The summed E-state index contributed by atoms with van der Waals surface area (Å²) < 4.78 is 34.4. The minimum absolute atomic E-state index is 0.170. The molecule has 1 unspecified atom stereocenters. The van der Waals surface area contributed by atoms with Crippen molar-refractivity contribution < 1.29 is 13.5 Å². The van der Waals surface area contributed by atoms with Gasteiger partial charge in [0, 0.05) is 43.5 Å². The van der Waals surface area contributed by atoms with Crippen molar-refractivity contribution in [3.05, 3.63) is 46.8 Å². The van der Waals surface area contributed by atoms with Crippen molar-refractivity contribution in [2.45, 2.75) is 26.5 Å². The van der Waals surface area contributed by atoms with E-state index >= 15 is 0 Å². The third-order valence-electron chi connectivity index (χ3n) is 4.59. The van der Waals surface area contributed by atoms with Crippen molar-refractivity contribution in [3.63, 3.8) is 0 Å². The number of nitrogens with one attached hydrogen (secondary N) is 1.